The van der Waals surface area contributed by atoms with Gasteiger partial charge >= 0.3 is 6.09 Å². The number of carbonyl (C=O) groups excluding carboxylic acids is 4. The van der Waals surface area contributed by atoms with Crippen molar-refractivity contribution in [1.29, 1.82) is 0 Å². The van der Waals surface area contributed by atoms with Gasteiger partial charge < -0.3 is 32.6 Å². The predicted octanol–water partition coefficient (Wildman–Crippen LogP) is 2.92. The predicted molar refractivity (Wildman–Crippen MR) is 180 cm³/mol. The number of benzene rings is 2. The molecule has 0 unspecified atom stereocenters. The molecule has 0 spiro atoms. The smallest absolute Gasteiger partial charge is 0.417 e. The van der Waals surface area contributed by atoms with Crippen LogP contribution >= 0.6 is 0 Å². The van der Waals surface area contributed by atoms with Crippen LogP contribution in [-0.4, -0.2) is 65.9 Å². The SMILES string of the molecule is CC(C)C[C@@H](NC(=O)[C@@H](N)CCCN=C(N)N)C(=O)N(C(=O)OCc1ccccc1)[C@H](CNC(=O)/C=C/c1ccccc1)C(C)C. The largest absolute Gasteiger partial charge is 0.444 e. The summed E-state index contributed by atoms with van der Waals surface area (Å²) >= 11 is 0. The molecule has 46 heavy (non-hydrogen) atoms. The Balaban J connectivity index is 2.30. The molecule has 12 nitrogen and oxygen atoms in total. The molecule has 0 aliphatic carbocycles. The maximum absolute atomic E-state index is 14.2. The van der Waals surface area contributed by atoms with Crippen molar-refractivity contribution in [3.8, 4) is 0 Å². The minimum absolute atomic E-state index is 0.0187. The maximum Gasteiger partial charge on any atom is 0.417 e. The minimum Gasteiger partial charge on any atom is -0.444 e. The topological polar surface area (TPSA) is 195 Å². The fraction of sp³-hybridized carbons (Fsp3) is 0.441. The average Bonchev–Trinajstić information content (AvgIpc) is 3.02. The van der Waals surface area contributed by atoms with Crippen LogP contribution in [0.4, 0.5) is 4.79 Å². The highest BCUT2D eigenvalue weighted by atomic mass is 16.6. The van der Waals surface area contributed by atoms with Gasteiger partial charge in [0.2, 0.25) is 11.8 Å². The molecule has 3 atom stereocenters. The van der Waals surface area contributed by atoms with Crippen LogP contribution in [0.15, 0.2) is 71.7 Å². The van der Waals surface area contributed by atoms with E-state index in [4.69, 9.17) is 21.9 Å². The van der Waals surface area contributed by atoms with Crippen molar-refractivity contribution >= 4 is 35.9 Å². The van der Waals surface area contributed by atoms with Crippen LogP contribution in [0.25, 0.3) is 6.08 Å². The number of amides is 4. The molecule has 8 N–H and O–H groups in total. The third kappa shape index (κ3) is 13.5. The van der Waals surface area contributed by atoms with Gasteiger partial charge in [-0.15, -0.1) is 0 Å². The summed E-state index contributed by atoms with van der Waals surface area (Å²) in [6.45, 7) is 7.68. The molecule has 0 bridgehead atoms. The molecule has 0 saturated heterocycles. The standard InChI is InChI=1S/C34H49N7O5/c1-23(2)20-28(40-31(43)27(35)16-11-19-38-33(36)37)32(44)41(34(45)46-22-26-14-9-6-10-15-26)29(24(3)4)21-39-30(42)18-17-25-12-7-5-8-13-25/h5-10,12-15,17-18,23-24,27-29H,11,16,19-22,35H2,1-4H3,(H,39,42)(H,40,43)(H4,36,37,38)/b18-17+/t27-,28+,29+/m0/s1. The molecular weight excluding hydrogens is 586 g/mol. The number of rotatable bonds is 17. The second-order valence-corrected chi connectivity index (χ2v) is 11.8. The molecule has 0 aliphatic rings. The Morgan fingerprint density at radius 3 is 2.17 bits per heavy atom. The number of nitrogens with two attached hydrogens (primary N) is 3. The number of ether oxygens (including phenoxy) is 1. The van der Waals surface area contributed by atoms with Crippen molar-refractivity contribution in [3.63, 3.8) is 0 Å². The summed E-state index contributed by atoms with van der Waals surface area (Å²) in [6.07, 6.45) is 3.16. The van der Waals surface area contributed by atoms with Crippen LogP contribution in [0.3, 0.4) is 0 Å². The lowest BCUT2D eigenvalue weighted by Gasteiger charge is -2.35. The number of nitrogens with one attached hydrogen (secondary N) is 2. The van der Waals surface area contributed by atoms with E-state index in [1.807, 2.05) is 76.2 Å². The molecule has 2 aromatic carbocycles. The highest BCUT2D eigenvalue weighted by Crippen LogP contribution is 2.18. The van der Waals surface area contributed by atoms with Crippen LogP contribution in [0.5, 0.6) is 0 Å². The molecule has 0 radical (unpaired) electrons. The van der Waals surface area contributed by atoms with Gasteiger partial charge in [-0.05, 0) is 48.3 Å². The first-order chi connectivity index (χ1) is 21.9. The van der Waals surface area contributed by atoms with E-state index in [0.717, 1.165) is 16.0 Å². The molecule has 0 fully saturated rings. The van der Waals surface area contributed by atoms with E-state index in [1.165, 1.54) is 6.08 Å². The fourth-order valence-electron chi connectivity index (χ4n) is 4.59. The minimum atomic E-state index is -1.07. The van der Waals surface area contributed by atoms with Crippen molar-refractivity contribution in [3.05, 3.63) is 77.9 Å². The molecule has 12 heteroatoms. The molecule has 0 saturated carbocycles. The zero-order chi connectivity index (χ0) is 34.1. The number of hydrogen-bond donors (Lipinski definition) is 5. The number of nitrogens with zero attached hydrogens (tertiary/aromatic N) is 2. The van der Waals surface area contributed by atoms with Crippen LogP contribution in [0.2, 0.25) is 0 Å². The van der Waals surface area contributed by atoms with Gasteiger partial charge in [-0.3, -0.25) is 19.4 Å². The third-order valence-corrected chi connectivity index (χ3v) is 7.08. The van der Waals surface area contributed by atoms with Crippen molar-refractivity contribution in [2.75, 3.05) is 13.1 Å². The molecule has 0 aliphatic heterocycles. The number of hydrogen-bond acceptors (Lipinski definition) is 7. The van der Waals surface area contributed by atoms with Gasteiger partial charge in [0.15, 0.2) is 5.96 Å². The molecule has 2 rings (SSSR count). The van der Waals surface area contributed by atoms with Crippen LogP contribution < -0.4 is 27.8 Å². The van der Waals surface area contributed by atoms with E-state index in [2.05, 4.69) is 15.6 Å². The second-order valence-electron chi connectivity index (χ2n) is 11.8. The summed E-state index contributed by atoms with van der Waals surface area (Å²) < 4.78 is 5.62. The summed E-state index contributed by atoms with van der Waals surface area (Å²) in [5, 5.41) is 5.57. The summed E-state index contributed by atoms with van der Waals surface area (Å²) in [5.41, 5.74) is 18.4. The fourth-order valence-corrected chi connectivity index (χ4v) is 4.59. The van der Waals surface area contributed by atoms with Gasteiger partial charge in [-0.2, -0.15) is 0 Å². The first kappa shape index (κ1) is 37.5. The maximum atomic E-state index is 14.2. The molecule has 2 aromatic rings. The average molecular weight is 636 g/mol. The molecule has 0 aromatic heterocycles. The summed E-state index contributed by atoms with van der Waals surface area (Å²) in [5.74, 6) is -1.93. The first-order valence-electron chi connectivity index (χ1n) is 15.5. The monoisotopic (exact) mass is 635 g/mol. The molecule has 0 heterocycles. The third-order valence-electron chi connectivity index (χ3n) is 7.08. The number of aliphatic imine (C=N–C) groups is 1. The first-order valence-corrected chi connectivity index (χ1v) is 15.5. The summed E-state index contributed by atoms with van der Waals surface area (Å²) in [6, 6.07) is 15.6. The van der Waals surface area contributed by atoms with Crippen LogP contribution in [0.1, 0.15) is 58.1 Å². The number of imide groups is 1. The van der Waals surface area contributed by atoms with Crippen molar-refractivity contribution in [2.45, 2.75) is 71.7 Å². The summed E-state index contributed by atoms with van der Waals surface area (Å²) in [4.78, 5) is 58.7. The van der Waals surface area contributed by atoms with E-state index in [-0.39, 0.29) is 43.8 Å². The Morgan fingerprint density at radius 2 is 1.59 bits per heavy atom. The Labute approximate surface area is 271 Å². The van der Waals surface area contributed by atoms with Gasteiger partial charge in [0.1, 0.15) is 12.6 Å². The molecule has 250 valence electrons. The van der Waals surface area contributed by atoms with E-state index < -0.39 is 41.9 Å². The van der Waals surface area contributed by atoms with E-state index >= 15 is 0 Å². The van der Waals surface area contributed by atoms with Crippen LogP contribution in [0, 0.1) is 11.8 Å². The lowest BCUT2D eigenvalue weighted by atomic mass is 9.98. The lowest BCUT2D eigenvalue weighted by molar-refractivity contribution is -0.138. The second kappa shape index (κ2) is 19.6. The zero-order valence-corrected chi connectivity index (χ0v) is 27.2. The Bertz CT molecular complexity index is 1310. The van der Waals surface area contributed by atoms with Gasteiger partial charge in [-0.1, -0.05) is 88.4 Å². The van der Waals surface area contributed by atoms with E-state index in [9.17, 15) is 19.2 Å². The lowest BCUT2D eigenvalue weighted by Crippen LogP contribution is -2.59. The quantitative estimate of drug-likeness (QED) is 0.0757. The Morgan fingerprint density at radius 1 is 0.957 bits per heavy atom. The van der Waals surface area contributed by atoms with Crippen LogP contribution in [-0.2, 0) is 25.7 Å². The number of guanidine groups is 1. The Hall–Kier alpha value is -4.71. The highest BCUT2D eigenvalue weighted by Gasteiger charge is 2.38. The van der Waals surface area contributed by atoms with Gasteiger partial charge in [0.25, 0.3) is 5.91 Å². The van der Waals surface area contributed by atoms with E-state index in [1.54, 1.807) is 18.2 Å². The van der Waals surface area contributed by atoms with Gasteiger partial charge in [0.05, 0.1) is 12.1 Å². The van der Waals surface area contributed by atoms with Crippen molar-refractivity contribution in [1.82, 2.24) is 15.5 Å². The van der Waals surface area contributed by atoms with Gasteiger partial charge in [-0.25, -0.2) is 9.69 Å². The summed E-state index contributed by atoms with van der Waals surface area (Å²) in [7, 11) is 0. The van der Waals surface area contributed by atoms with Gasteiger partial charge in [0, 0.05) is 19.2 Å². The normalized spacial score (nSPS) is 13.1. The Kier molecular flexibility index (Phi) is 16.0. The molecular formula is C34H49N7O5. The zero-order valence-electron chi connectivity index (χ0n) is 27.2. The number of carbonyl (C=O) groups is 4. The molecule has 4 amide bonds. The van der Waals surface area contributed by atoms with Crippen molar-refractivity contribution in [2.24, 2.45) is 34.0 Å². The van der Waals surface area contributed by atoms with Crippen molar-refractivity contribution < 1.29 is 23.9 Å². The highest BCUT2D eigenvalue weighted by molar-refractivity contribution is 5.98. The van der Waals surface area contributed by atoms with E-state index in [0.29, 0.717) is 13.0 Å².